The van der Waals surface area contributed by atoms with Crippen molar-refractivity contribution in [2.75, 3.05) is 81.3 Å². The van der Waals surface area contributed by atoms with Crippen LogP contribution < -0.4 is 39.0 Å². The lowest BCUT2D eigenvalue weighted by Gasteiger charge is -2.46. The van der Waals surface area contributed by atoms with Gasteiger partial charge < -0.3 is 49.2 Å². The van der Waals surface area contributed by atoms with Crippen LogP contribution in [0.25, 0.3) is 33.3 Å². The van der Waals surface area contributed by atoms with Crippen LogP contribution in [0.5, 0.6) is 23.5 Å². The molecule has 23 heteroatoms. The topological polar surface area (TPSA) is 259 Å². The van der Waals surface area contributed by atoms with E-state index >= 15 is 0 Å². The minimum atomic E-state index is -0.715. The average Bonchev–Trinajstić information content (AvgIpc) is 4.22. The summed E-state index contributed by atoms with van der Waals surface area (Å²) in [6.07, 6.45) is 14.3. The Bertz CT molecular complexity index is 3490. The Morgan fingerprint density at radius 3 is 1.40 bits per heavy atom. The van der Waals surface area contributed by atoms with E-state index in [9.17, 15) is 20.7 Å². The van der Waals surface area contributed by atoms with Gasteiger partial charge in [-0.25, -0.2) is 19.0 Å². The standard InChI is InChI=1S/C29H32N8O3.C23H20BrN7O2.C6H13NO/c1-29(2,38)21-16-36(17-21)22-12-24(28-20(13-30)15-32-37(28)18-22)19-4-5-25(31-14-19)35-10-8-23(9-11-35)40-27-7-6-26(39-3)33-34-27;1-32-21-4-5-22(29-28-21)33-18-6-8-30(9-7-18)20-3-2-15(12-26-20)19-10-17(24)14-31-23(19)16(11-25)13-27-31;1-6(2,8)5-3-7-4-5/h4-7,12,14-15,18,21,23,38H,8-11,16-17H2,1-3H3;2-5,10,12-14,18H,6-9H2,1H3;5,7-8H,3-4H2,1-2H3. The SMILES string of the molecule is CC(C)(O)C1CNC1.COc1ccc(OC2CCN(c3ccc(-c4cc(Br)cn5ncc(C#N)c45)cn3)CC2)nn1.COc1ccc(OC2CCN(c3ccc(-c4cc(N5CC(C(C)(C)O)C5)cn5ncc(C#N)c45)cn3)CC2)nn1. The first-order valence-electron chi connectivity index (χ1n) is 27.0. The Balaban J connectivity index is 0.000000162. The number of ether oxygens (including phenoxy) is 4. The third kappa shape index (κ3) is 13.0. The highest BCUT2D eigenvalue weighted by Gasteiger charge is 2.38. The van der Waals surface area contributed by atoms with E-state index in [0.29, 0.717) is 40.6 Å². The number of piperidine rings is 2. The first-order valence-corrected chi connectivity index (χ1v) is 27.8. The highest BCUT2D eigenvalue weighted by atomic mass is 79.9. The van der Waals surface area contributed by atoms with Crippen LogP contribution in [0, 0.1) is 34.5 Å². The molecular formula is C58H65BrN16O6. The summed E-state index contributed by atoms with van der Waals surface area (Å²) in [6.45, 7) is 14.2. The first kappa shape index (κ1) is 56.1. The van der Waals surface area contributed by atoms with Crippen molar-refractivity contribution in [1.82, 2.24) is 54.9 Å². The van der Waals surface area contributed by atoms with Gasteiger partial charge >= 0.3 is 0 Å². The Morgan fingerprint density at radius 2 is 1.02 bits per heavy atom. The maximum absolute atomic E-state index is 10.4. The van der Waals surface area contributed by atoms with Gasteiger partial charge in [0.2, 0.25) is 23.5 Å². The number of nitrogens with zero attached hydrogens (tertiary/aromatic N) is 15. The molecule has 0 aliphatic carbocycles. The van der Waals surface area contributed by atoms with Gasteiger partial charge in [-0.05, 0) is 80.0 Å². The number of pyridine rings is 4. The maximum atomic E-state index is 10.4. The molecule has 0 aromatic carbocycles. The Labute approximate surface area is 478 Å². The van der Waals surface area contributed by atoms with E-state index in [1.54, 1.807) is 59.9 Å². The molecule has 3 N–H and O–H groups in total. The largest absolute Gasteiger partial charge is 0.480 e. The highest BCUT2D eigenvalue weighted by molar-refractivity contribution is 9.10. The maximum Gasteiger partial charge on any atom is 0.233 e. The van der Waals surface area contributed by atoms with Crippen LogP contribution in [0.15, 0.2) is 102 Å². The van der Waals surface area contributed by atoms with E-state index < -0.39 is 11.2 Å². The predicted molar refractivity (Wildman–Crippen MR) is 308 cm³/mol. The molecule has 0 spiro atoms. The lowest BCUT2D eigenvalue weighted by Crippen LogP contribution is -2.55. The van der Waals surface area contributed by atoms with Crippen LogP contribution in [0.2, 0.25) is 0 Å². The minimum Gasteiger partial charge on any atom is -0.480 e. The van der Waals surface area contributed by atoms with Crippen molar-refractivity contribution in [3.8, 4) is 57.9 Å². The van der Waals surface area contributed by atoms with Gasteiger partial charge in [0.25, 0.3) is 0 Å². The van der Waals surface area contributed by atoms with Crippen LogP contribution in [0.4, 0.5) is 17.3 Å². The molecule has 4 fully saturated rings. The molecular weight excluding hydrogens is 1100 g/mol. The summed E-state index contributed by atoms with van der Waals surface area (Å²) in [6, 6.07) is 23.7. The van der Waals surface area contributed by atoms with Gasteiger partial charge in [-0.2, -0.15) is 20.7 Å². The molecule has 4 aliphatic heterocycles. The number of hydrogen-bond donors (Lipinski definition) is 3. The van der Waals surface area contributed by atoms with Crippen molar-refractivity contribution in [1.29, 1.82) is 10.5 Å². The van der Waals surface area contributed by atoms with Crippen LogP contribution in [-0.4, -0.2) is 150 Å². The lowest BCUT2D eigenvalue weighted by molar-refractivity contribution is -0.00584. The smallest absolute Gasteiger partial charge is 0.233 e. The second-order valence-corrected chi connectivity index (χ2v) is 22.5. The zero-order valence-corrected chi connectivity index (χ0v) is 47.7. The number of anilines is 3. The summed E-state index contributed by atoms with van der Waals surface area (Å²) in [5.41, 5.74) is 6.07. The number of nitrogens with one attached hydrogen (secondary N) is 1. The number of fused-ring (bicyclic) bond motifs is 2. The summed E-state index contributed by atoms with van der Waals surface area (Å²) in [5, 5.41) is 66.7. The first-order chi connectivity index (χ1) is 39.1. The number of nitriles is 2. The molecule has 0 unspecified atom stereocenters. The molecule has 4 saturated heterocycles. The van der Waals surface area contributed by atoms with E-state index in [1.807, 2.05) is 76.7 Å². The zero-order chi connectivity index (χ0) is 56.8. The van der Waals surface area contributed by atoms with E-state index in [-0.39, 0.29) is 18.1 Å². The molecule has 12 heterocycles. The highest BCUT2D eigenvalue weighted by Crippen LogP contribution is 2.37. The molecule has 22 nitrogen and oxygen atoms in total. The molecule has 12 rings (SSSR count). The Hall–Kier alpha value is -8.22. The average molecular weight is 1160 g/mol. The van der Waals surface area contributed by atoms with Crippen molar-refractivity contribution in [2.24, 2.45) is 11.8 Å². The zero-order valence-electron chi connectivity index (χ0n) is 46.1. The van der Waals surface area contributed by atoms with Crippen molar-refractivity contribution in [3.05, 3.63) is 113 Å². The van der Waals surface area contributed by atoms with Gasteiger partial charge in [-0.1, -0.05) is 0 Å². The fraction of sp³-hybridized carbons (Fsp3) is 0.414. The van der Waals surface area contributed by atoms with Gasteiger partial charge in [-0.3, -0.25) is 0 Å². The molecule has 8 aromatic rings. The number of hydrogen-bond acceptors (Lipinski definition) is 20. The summed E-state index contributed by atoms with van der Waals surface area (Å²) < 4.78 is 26.4. The van der Waals surface area contributed by atoms with Crippen molar-refractivity contribution >= 4 is 44.3 Å². The van der Waals surface area contributed by atoms with Gasteiger partial charge in [0.05, 0.1) is 71.9 Å². The molecule has 420 valence electrons. The third-order valence-electron chi connectivity index (χ3n) is 15.3. The predicted octanol–water partition coefficient (Wildman–Crippen LogP) is 7.18. The molecule has 8 aromatic heterocycles. The van der Waals surface area contributed by atoms with Crippen molar-refractivity contribution in [2.45, 2.75) is 76.8 Å². The van der Waals surface area contributed by atoms with E-state index in [4.69, 9.17) is 28.9 Å². The third-order valence-corrected chi connectivity index (χ3v) is 15.8. The molecule has 0 bridgehead atoms. The molecule has 0 radical (unpaired) electrons. The second kappa shape index (κ2) is 24.2. The Morgan fingerprint density at radius 1 is 0.580 bits per heavy atom. The second-order valence-electron chi connectivity index (χ2n) is 21.6. The number of methoxy groups -OCH3 is 2. The molecule has 81 heavy (non-hydrogen) atoms. The number of rotatable bonds is 13. The quantitative estimate of drug-likeness (QED) is 0.103. The number of aromatic nitrogens is 10. The van der Waals surface area contributed by atoms with Gasteiger partial charge in [0, 0.05) is 159 Å². The Kier molecular flexibility index (Phi) is 16.8. The van der Waals surface area contributed by atoms with Gasteiger partial charge in [0.15, 0.2) is 0 Å². The van der Waals surface area contributed by atoms with Gasteiger partial charge in [0.1, 0.15) is 36.0 Å². The van der Waals surface area contributed by atoms with E-state index in [1.165, 1.54) is 0 Å². The summed E-state index contributed by atoms with van der Waals surface area (Å²) in [7, 11) is 3.11. The van der Waals surface area contributed by atoms with E-state index in [2.05, 4.69) is 90.8 Å². The summed E-state index contributed by atoms with van der Waals surface area (Å²) in [4.78, 5) is 16.2. The van der Waals surface area contributed by atoms with Crippen LogP contribution in [-0.2, 0) is 0 Å². The normalized spacial score (nSPS) is 16.3. The monoisotopic (exact) mass is 1160 g/mol. The van der Waals surface area contributed by atoms with E-state index in [0.717, 1.165) is 133 Å². The fourth-order valence-electron chi connectivity index (χ4n) is 10.1. The lowest BCUT2D eigenvalue weighted by atomic mass is 9.84. The summed E-state index contributed by atoms with van der Waals surface area (Å²) >= 11 is 3.53. The fourth-order valence-corrected chi connectivity index (χ4v) is 10.5. The van der Waals surface area contributed by atoms with Crippen LogP contribution in [0.1, 0.15) is 64.5 Å². The van der Waals surface area contributed by atoms with Crippen molar-refractivity contribution in [3.63, 3.8) is 0 Å². The molecule has 0 atom stereocenters. The number of aliphatic hydroxyl groups is 2. The molecule has 4 aliphatic rings. The molecule has 0 saturated carbocycles. The van der Waals surface area contributed by atoms with Crippen molar-refractivity contribution < 1.29 is 29.2 Å². The molecule has 0 amide bonds. The number of halogens is 1. The van der Waals surface area contributed by atoms with Gasteiger partial charge in [-0.15, -0.1) is 20.4 Å². The van der Waals surface area contributed by atoms with Crippen LogP contribution in [0.3, 0.4) is 0 Å². The minimum absolute atomic E-state index is 0.0676. The van der Waals surface area contributed by atoms with Crippen LogP contribution >= 0.6 is 15.9 Å². The summed E-state index contributed by atoms with van der Waals surface area (Å²) in [5.74, 6) is 4.44.